The number of hydrogen-bond donors (Lipinski definition) is 7. The third kappa shape index (κ3) is 9.92. The molecule has 0 spiro atoms. The predicted molar refractivity (Wildman–Crippen MR) is 130 cm³/mol. The van der Waals surface area contributed by atoms with E-state index < -0.39 is 54.9 Å². The van der Waals surface area contributed by atoms with E-state index in [1.165, 1.54) is 0 Å². The molecule has 7 N–H and O–H groups in total. The van der Waals surface area contributed by atoms with Gasteiger partial charge in [-0.1, -0.05) is 20.8 Å². The van der Waals surface area contributed by atoms with Gasteiger partial charge in [-0.05, 0) is 32.6 Å². The molecule has 7 atom stereocenters. The number of aliphatic hydroxyl groups is 4. The highest BCUT2D eigenvalue weighted by atomic mass is 16.6. The molecule has 1 fully saturated rings. The van der Waals surface area contributed by atoms with Crippen LogP contribution in [0.4, 0.5) is 0 Å². The third-order valence-corrected chi connectivity index (χ3v) is 6.78. The molecule has 0 bridgehead atoms. The molecule has 5 unspecified atom stereocenters. The highest BCUT2D eigenvalue weighted by molar-refractivity contribution is 5.93. The van der Waals surface area contributed by atoms with Crippen LogP contribution in [0, 0.1) is 0 Å². The molecule has 0 aromatic carbocycles. The second-order valence-electron chi connectivity index (χ2n) is 9.32. The van der Waals surface area contributed by atoms with Gasteiger partial charge >= 0.3 is 5.97 Å². The lowest BCUT2D eigenvalue weighted by Gasteiger charge is -2.39. The van der Waals surface area contributed by atoms with Crippen molar-refractivity contribution in [3.05, 3.63) is 0 Å². The van der Waals surface area contributed by atoms with Crippen LogP contribution in [-0.2, 0) is 23.8 Å². The molecule has 12 nitrogen and oxygen atoms in total. The average Bonchev–Trinajstić information content (AvgIpc) is 2.86. The van der Waals surface area contributed by atoms with E-state index in [9.17, 15) is 30.0 Å². The predicted octanol–water partition coefficient (Wildman–Crippen LogP) is -0.841. The van der Waals surface area contributed by atoms with Gasteiger partial charge in [-0.2, -0.15) is 0 Å². The first kappa shape index (κ1) is 32.8. The molecule has 1 aliphatic rings. The molecule has 12 heteroatoms. The monoisotopic (exact) mass is 522 g/mol. The van der Waals surface area contributed by atoms with E-state index in [4.69, 9.17) is 19.3 Å². The first-order valence-electron chi connectivity index (χ1n) is 12.8. The summed E-state index contributed by atoms with van der Waals surface area (Å²) in [6.07, 6.45) is -4.27. The number of aliphatic carboxylic acids is 1. The molecule has 1 aliphatic heterocycles. The first-order chi connectivity index (χ1) is 17.0. The molecule has 0 saturated carbocycles. The minimum Gasteiger partial charge on any atom is -0.481 e. The molecule has 36 heavy (non-hydrogen) atoms. The smallest absolute Gasteiger partial charge is 0.303 e. The maximum Gasteiger partial charge on any atom is 0.303 e. The summed E-state index contributed by atoms with van der Waals surface area (Å²) in [6.45, 7) is 7.97. The number of nitrogens with one attached hydrogen (secondary N) is 2. The number of carboxylic acid groups (broad SMARTS) is 1. The largest absolute Gasteiger partial charge is 0.481 e. The molecule has 212 valence electrons. The van der Waals surface area contributed by atoms with Crippen molar-refractivity contribution >= 4 is 11.8 Å². The molecule has 0 aromatic rings. The van der Waals surface area contributed by atoms with Gasteiger partial charge in [-0.3, -0.25) is 9.59 Å². The third-order valence-electron chi connectivity index (χ3n) is 6.78. The van der Waals surface area contributed by atoms with Crippen LogP contribution in [0.5, 0.6) is 0 Å². The van der Waals surface area contributed by atoms with E-state index in [0.717, 1.165) is 12.8 Å². The maximum absolute atomic E-state index is 13.4. The number of Topliss-reactive ketones (excluding diaryl/α,β-unsaturated/α-hetero) is 1. The van der Waals surface area contributed by atoms with Crippen LogP contribution in [-0.4, -0.2) is 119 Å². The number of ether oxygens (including phenoxy) is 3. The van der Waals surface area contributed by atoms with Gasteiger partial charge in [0, 0.05) is 19.0 Å². The fourth-order valence-electron chi connectivity index (χ4n) is 4.15. The second kappa shape index (κ2) is 16.6. The van der Waals surface area contributed by atoms with Crippen molar-refractivity contribution in [3.63, 3.8) is 0 Å². The second-order valence-corrected chi connectivity index (χ2v) is 9.32. The lowest BCUT2D eigenvalue weighted by atomic mass is 9.86. The Morgan fingerprint density at radius 3 is 2.28 bits per heavy atom. The maximum atomic E-state index is 13.4. The Bertz CT molecular complexity index is 650. The Hall–Kier alpha value is -1.22. The highest BCUT2D eigenvalue weighted by Crippen LogP contribution is 2.22. The average molecular weight is 523 g/mol. The summed E-state index contributed by atoms with van der Waals surface area (Å²) in [6, 6.07) is -0.452. The van der Waals surface area contributed by atoms with E-state index in [2.05, 4.69) is 10.6 Å². The number of ketones is 1. The lowest BCUT2D eigenvalue weighted by Crippen LogP contribution is -2.59. The van der Waals surface area contributed by atoms with Crippen LogP contribution in [0.2, 0.25) is 0 Å². The van der Waals surface area contributed by atoms with Crippen LogP contribution in [0.1, 0.15) is 59.8 Å². The van der Waals surface area contributed by atoms with Crippen molar-refractivity contribution in [2.75, 3.05) is 33.0 Å². The molecule has 0 amide bonds. The Morgan fingerprint density at radius 2 is 1.72 bits per heavy atom. The first-order valence-corrected chi connectivity index (χ1v) is 12.8. The van der Waals surface area contributed by atoms with Crippen molar-refractivity contribution in [1.82, 2.24) is 10.6 Å². The van der Waals surface area contributed by atoms with Crippen molar-refractivity contribution in [2.24, 2.45) is 0 Å². The van der Waals surface area contributed by atoms with Crippen molar-refractivity contribution in [1.29, 1.82) is 0 Å². The zero-order valence-corrected chi connectivity index (χ0v) is 21.9. The Kier molecular flexibility index (Phi) is 15.1. The van der Waals surface area contributed by atoms with Gasteiger partial charge in [-0.15, -0.1) is 0 Å². The summed E-state index contributed by atoms with van der Waals surface area (Å²) in [7, 11) is 0. The van der Waals surface area contributed by atoms with Crippen molar-refractivity contribution < 1.29 is 49.3 Å². The molecule has 1 rings (SSSR count). The standard InChI is InChI=1S/C24H46N2O10/c1-5-15(6-2)26-16(8-9-18(28)29)22(32)24(4,7-3)25-10-11-34-12-13-35-21-19(30)17(14-27)36-23(33)20(21)31/h15-17,19-21,23,25-27,30-31,33H,5-14H2,1-4H3,(H,28,29)/t16?,17?,19-,20?,21?,23-,24?/m1/s1. The van der Waals surface area contributed by atoms with Crippen LogP contribution in [0.25, 0.3) is 0 Å². The van der Waals surface area contributed by atoms with Crippen molar-refractivity contribution in [2.45, 2.75) is 108 Å². The van der Waals surface area contributed by atoms with Crippen LogP contribution >= 0.6 is 0 Å². The number of carbonyl (C=O) groups excluding carboxylic acids is 1. The number of carboxylic acids is 1. The van der Waals surface area contributed by atoms with Crippen LogP contribution < -0.4 is 10.6 Å². The Balaban J connectivity index is 2.53. The summed E-state index contributed by atoms with van der Waals surface area (Å²) in [5.74, 6) is -1.02. The normalized spacial score (nSPS) is 27.1. The summed E-state index contributed by atoms with van der Waals surface area (Å²) in [5, 5.41) is 54.7. The van der Waals surface area contributed by atoms with Gasteiger partial charge in [-0.25, -0.2) is 0 Å². The molecule has 1 saturated heterocycles. The van der Waals surface area contributed by atoms with Gasteiger partial charge in [0.2, 0.25) is 0 Å². The van der Waals surface area contributed by atoms with E-state index >= 15 is 0 Å². The van der Waals surface area contributed by atoms with Crippen LogP contribution in [0.15, 0.2) is 0 Å². The molecule has 0 aliphatic carbocycles. The summed E-state index contributed by atoms with van der Waals surface area (Å²) >= 11 is 0. The Labute approximate surface area is 213 Å². The van der Waals surface area contributed by atoms with E-state index in [1.54, 1.807) is 6.92 Å². The number of hydrogen-bond acceptors (Lipinski definition) is 11. The zero-order valence-electron chi connectivity index (χ0n) is 21.9. The SMILES string of the molecule is CCC(CC)NC(CCC(=O)O)C(=O)C(C)(CC)NCCOCCOC1C(O)[C@H](O)OC(CO)[C@H]1O. The molecular formula is C24H46N2O10. The fraction of sp³-hybridized carbons (Fsp3) is 0.917. The lowest BCUT2D eigenvalue weighted by molar-refractivity contribution is -0.295. The number of carbonyl (C=O) groups is 2. The molecule has 0 radical (unpaired) electrons. The van der Waals surface area contributed by atoms with Gasteiger partial charge < -0.3 is 50.4 Å². The van der Waals surface area contributed by atoms with Gasteiger partial charge in [0.15, 0.2) is 12.1 Å². The minimum atomic E-state index is -1.58. The van der Waals surface area contributed by atoms with Gasteiger partial charge in [0.1, 0.15) is 24.4 Å². The van der Waals surface area contributed by atoms with Gasteiger partial charge in [0.25, 0.3) is 0 Å². The minimum absolute atomic E-state index is 0.0181. The quantitative estimate of drug-likeness (QED) is 0.104. The van der Waals surface area contributed by atoms with E-state index in [0.29, 0.717) is 13.0 Å². The Morgan fingerprint density at radius 1 is 1.06 bits per heavy atom. The summed E-state index contributed by atoms with van der Waals surface area (Å²) in [5.41, 5.74) is -0.867. The summed E-state index contributed by atoms with van der Waals surface area (Å²) < 4.78 is 15.9. The fourth-order valence-corrected chi connectivity index (χ4v) is 4.15. The molecular weight excluding hydrogens is 476 g/mol. The topological polar surface area (TPSA) is 187 Å². The van der Waals surface area contributed by atoms with E-state index in [1.807, 2.05) is 20.8 Å². The van der Waals surface area contributed by atoms with Crippen LogP contribution in [0.3, 0.4) is 0 Å². The molecule has 1 heterocycles. The summed E-state index contributed by atoms with van der Waals surface area (Å²) in [4.78, 5) is 24.5. The number of rotatable bonds is 19. The van der Waals surface area contributed by atoms with Crippen molar-refractivity contribution in [3.8, 4) is 0 Å². The molecule has 0 aromatic heterocycles. The zero-order chi connectivity index (χ0) is 27.3. The van der Waals surface area contributed by atoms with Gasteiger partial charge in [0.05, 0.1) is 38.0 Å². The number of aliphatic hydroxyl groups excluding tert-OH is 4. The van der Waals surface area contributed by atoms with E-state index in [-0.39, 0.29) is 44.5 Å². The highest BCUT2D eigenvalue weighted by Gasteiger charge is 2.44.